The SMILES string of the molecule is O=C(Nc1cc(F)cc(F)c1)c1cn2cc(-c3ccco3)ccc2n1. The number of nitrogens with one attached hydrogen (secondary N) is 1. The highest BCUT2D eigenvalue weighted by Crippen LogP contribution is 2.21. The second-order valence-corrected chi connectivity index (χ2v) is 5.40. The molecule has 5 nitrogen and oxygen atoms in total. The number of rotatable bonds is 3. The van der Waals surface area contributed by atoms with Crippen molar-refractivity contribution in [2.24, 2.45) is 0 Å². The predicted octanol–water partition coefficient (Wildman–Crippen LogP) is 4.12. The fourth-order valence-electron chi connectivity index (χ4n) is 2.51. The number of hydrogen-bond donors (Lipinski definition) is 1. The Kier molecular flexibility index (Phi) is 3.53. The summed E-state index contributed by atoms with van der Waals surface area (Å²) in [6, 6.07) is 9.98. The number of anilines is 1. The summed E-state index contributed by atoms with van der Waals surface area (Å²) in [5.74, 6) is -1.41. The van der Waals surface area contributed by atoms with Crippen LogP contribution in [0.4, 0.5) is 14.5 Å². The molecule has 3 aromatic heterocycles. The van der Waals surface area contributed by atoms with Crippen LogP contribution in [-0.4, -0.2) is 15.3 Å². The minimum Gasteiger partial charge on any atom is -0.464 e. The molecule has 0 atom stereocenters. The van der Waals surface area contributed by atoms with Crippen molar-refractivity contribution in [3.05, 3.63) is 78.4 Å². The first-order chi connectivity index (χ1) is 12.1. The first-order valence-electron chi connectivity index (χ1n) is 7.38. The molecule has 0 aliphatic heterocycles. The molecule has 7 heteroatoms. The van der Waals surface area contributed by atoms with Crippen LogP contribution in [0.2, 0.25) is 0 Å². The average Bonchev–Trinajstić information content (AvgIpc) is 3.22. The van der Waals surface area contributed by atoms with Crippen LogP contribution in [-0.2, 0) is 0 Å². The fourth-order valence-corrected chi connectivity index (χ4v) is 2.51. The quantitative estimate of drug-likeness (QED) is 0.611. The maximum absolute atomic E-state index is 13.2. The normalized spacial score (nSPS) is 11.0. The van der Waals surface area contributed by atoms with Gasteiger partial charge < -0.3 is 14.1 Å². The van der Waals surface area contributed by atoms with Gasteiger partial charge in [-0.25, -0.2) is 13.8 Å². The molecule has 0 saturated heterocycles. The van der Waals surface area contributed by atoms with Gasteiger partial charge in [0.15, 0.2) is 0 Å². The molecule has 0 aliphatic rings. The number of fused-ring (bicyclic) bond motifs is 1. The number of aromatic nitrogens is 2. The third-order valence-electron chi connectivity index (χ3n) is 3.61. The Labute approximate surface area is 140 Å². The van der Waals surface area contributed by atoms with Crippen molar-refractivity contribution in [1.82, 2.24) is 9.38 Å². The zero-order valence-electron chi connectivity index (χ0n) is 12.7. The van der Waals surface area contributed by atoms with Crippen molar-refractivity contribution >= 4 is 17.2 Å². The summed E-state index contributed by atoms with van der Waals surface area (Å²) in [4.78, 5) is 16.5. The number of nitrogens with zero attached hydrogens (tertiary/aromatic N) is 2. The summed E-state index contributed by atoms with van der Waals surface area (Å²) in [6.45, 7) is 0. The van der Waals surface area contributed by atoms with Gasteiger partial charge in [0.05, 0.1) is 6.26 Å². The van der Waals surface area contributed by atoms with Gasteiger partial charge in [-0.15, -0.1) is 0 Å². The summed E-state index contributed by atoms with van der Waals surface area (Å²) in [5.41, 5.74) is 1.54. The maximum atomic E-state index is 13.2. The monoisotopic (exact) mass is 339 g/mol. The topological polar surface area (TPSA) is 59.5 Å². The first kappa shape index (κ1) is 15.1. The molecule has 0 radical (unpaired) electrons. The number of amides is 1. The number of carbonyl (C=O) groups is 1. The van der Waals surface area contributed by atoms with E-state index in [4.69, 9.17) is 4.42 Å². The predicted molar refractivity (Wildman–Crippen MR) is 87.2 cm³/mol. The van der Waals surface area contributed by atoms with Gasteiger partial charge in [0.25, 0.3) is 5.91 Å². The van der Waals surface area contributed by atoms with Crippen molar-refractivity contribution < 1.29 is 18.0 Å². The molecule has 4 aromatic rings. The molecule has 0 aliphatic carbocycles. The van der Waals surface area contributed by atoms with Gasteiger partial charge in [0.1, 0.15) is 28.7 Å². The molecule has 0 saturated carbocycles. The lowest BCUT2D eigenvalue weighted by Gasteiger charge is -2.03. The van der Waals surface area contributed by atoms with Gasteiger partial charge in [0.2, 0.25) is 0 Å². The second kappa shape index (κ2) is 5.86. The molecular formula is C18H11F2N3O2. The molecule has 0 spiro atoms. The highest BCUT2D eigenvalue weighted by molar-refractivity contribution is 6.03. The van der Waals surface area contributed by atoms with Crippen molar-refractivity contribution in [3.8, 4) is 11.3 Å². The van der Waals surface area contributed by atoms with Gasteiger partial charge in [-0.3, -0.25) is 4.79 Å². The zero-order chi connectivity index (χ0) is 17.4. The molecule has 0 fully saturated rings. The van der Waals surface area contributed by atoms with E-state index in [0.717, 1.165) is 23.8 Å². The Bertz CT molecular complexity index is 1050. The van der Waals surface area contributed by atoms with Crippen molar-refractivity contribution in [2.75, 3.05) is 5.32 Å². The molecule has 4 rings (SSSR count). The van der Waals surface area contributed by atoms with Crippen molar-refractivity contribution in [2.45, 2.75) is 0 Å². The summed E-state index contributed by atoms with van der Waals surface area (Å²) in [7, 11) is 0. The van der Waals surface area contributed by atoms with E-state index in [-0.39, 0.29) is 11.4 Å². The lowest BCUT2D eigenvalue weighted by molar-refractivity contribution is 0.102. The van der Waals surface area contributed by atoms with E-state index in [1.54, 1.807) is 29.0 Å². The number of hydrogen-bond acceptors (Lipinski definition) is 3. The standard InChI is InChI=1S/C18H11F2N3O2/c19-12-6-13(20)8-14(7-12)21-18(24)15-10-23-9-11(3-4-17(23)22-15)16-2-1-5-25-16/h1-10H,(H,21,24). The zero-order valence-corrected chi connectivity index (χ0v) is 12.7. The van der Waals surface area contributed by atoms with Crippen LogP contribution >= 0.6 is 0 Å². The van der Waals surface area contributed by atoms with Gasteiger partial charge in [-0.1, -0.05) is 0 Å². The van der Waals surface area contributed by atoms with E-state index in [1.165, 1.54) is 6.20 Å². The minimum absolute atomic E-state index is 0.0239. The number of pyridine rings is 1. The molecule has 3 heterocycles. The maximum Gasteiger partial charge on any atom is 0.275 e. The molecule has 124 valence electrons. The van der Waals surface area contributed by atoms with E-state index in [0.29, 0.717) is 11.4 Å². The molecule has 0 unspecified atom stereocenters. The molecule has 0 bridgehead atoms. The van der Waals surface area contributed by atoms with Crippen LogP contribution in [0.5, 0.6) is 0 Å². The third-order valence-corrected chi connectivity index (χ3v) is 3.61. The van der Waals surface area contributed by atoms with Crippen molar-refractivity contribution in [1.29, 1.82) is 0 Å². The lowest BCUT2D eigenvalue weighted by atomic mass is 10.2. The Hall–Kier alpha value is -3.48. The van der Waals surface area contributed by atoms with E-state index in [9.17, 15) is 13.6 Å². The smallest absolute Gasteiger partial charge is 0.275 e. The van der Waals surface area contributed by atoms with E-state index >= 15 is 0 Å². The molecule has 25 heavy (non-hydrogen) atoms. The number of carbonyl (C=O) groups excluding carboxylic acids is 1. The summed E-state index contributed by atoms with van der Waals surface area (Å²) in [5, 5.41) is 2.43. The highest BCUT2D eigenvalue weighted by atomic mass is 19.1. The fraction of sp³-hybridized carbons (Fsp3) is 0. The van der Waals surface area contributed by atoms with Gasteiger partial charge in [0, 0.05) is 29.7 Å². The second-order valence-electron chi connectivity index (χ2n) is 5.40. The first-order valence-corrected chi connectivity index (χ1v) is 7.38. The Morgan fingerprint density at radius 2 is 1.88 bits per heavy atom. The number of halogens is 2. The van der Waals surface area contributed by atoms with Crippen molar-refractivity contribution in [3.63, 3.8) is 0 Å². The number of benzene rings is 1. The molecule has 1 aromatic carbocycles. The number of imidazole rings is 1. The number of furan rings is 1. The lowest BCUT2D eigenvalue weighted by Crippen LogP contribution is -2.12. The van der Waals surface area contributed by atoms with Crippen LogP contribution in [0.15, 0.2) is 65.5 Å². The van der Waals surface area contributed by atoms with Gasteiger partial charge in [-0.05, 0) is 36.4 Å². The Morgan fingerprint density at radius 3 is 2.60 bits per heavy atom. The van der Waals surface area contributed by atoms with E-state index in [2.05, 4.69) is 10.3 Å². The van der Waals surface area contributed by atoms with Crippen LogP contribution in [0.3, 0.4) is 0 Å². The molecule has 1 amide bonds. The van der Waals surface area contributed by atoms with Gasteiger partial charge in [-0.2, -0.15) is 0 Å². The van der Waals surface area contributed by atoms with Crippen LogP contribution in [0.1, 0.15) is 10.5 Å². The minimum atomic E-state index is -0.770. The Morgan fingerprint density at radius 1 is 1.08 bits per heavy atom. The van der Waals surface area contributed by atoms with E-state index < -0.39 is 17.5 Å². The highest BCUT2D eigenvalue weighted by Gasteiger charge is 2.13. The Balaban J connectivity index is 1.63. The summed E-state index contributed by atoms with van der Waals surface area (Å²) < 4.78 is 33.4. The van der Waals surface area contributed by atoms with Crippen LogP contribution < -0.4 is 5.32 Å². The van der Waals surface area contributed by atoms with Crippen LogP contribution in [0.25, 0.3) is 17.0 Å². The molecule has 1 N–H and O–H groups in total. The van der Waals surface area contributed by atoms with Crippen LogP contribution in [0, 0.1) is 11.6 Å². The third kappa shape index (κ3) is 2.99. The largest absolute Gasteiger partial charge is 0.464 e. The van der Waals surface area contributed by atoms with Gasteiger partial charge >= 0.3 is 0 Å². The van der Waals surface area contributed by atoms with E-state index in [1.807, 2.05) is 12.1 Å². The summed E-state index contributed by atoms with van der Waals surface area (Å²) in [6.07, 6.45) is 4.89. The average molecular weight is 339 g/mol. The molecular weight excluding hydrogens is 328 g/mol. The summed E-state index contributed by atoms with van der Waals surface area (Å²) >= 11 is 0.